The lowest BCUT2D eigenvalue weighted by molar-refractivity contribution is -0.168. The van der Waals surface area contributed by atoms with Gasteiger partial charge in [-0.15, -0.1) is 0 Å². The molecule has 1 N–H and O–H groups in total. The van der Waals surface area contributed by atoms with Gasteiger partial charge in [-0.25, -0.2) is 0 Å². The highest BCUT2D eigenvalue weighted by molar-refractivity contribution is 5.92. The monoisotopic (exact) mass is 396 g/mol. The molecule has 0 heterocycles. The molecule has 156 valence electrons. The summed E-state index contributed by atoms with van der Waals surface area (Å²) in [6, 6.07) is 17.2. The van der Waals surface area contributed by atoms with E-state index >= 15 is 0 Å². The first kappa shape index (κ1) is 22.7. The van der Waals surface area contributed by atoms with Gasteiger partial charge in [0.2, 0.25) is 0 Å². The molecule has 4 nitrogen and oxygen atoms in total. The van der Waals surface area contributed by atoms with Gasteiger partial charge in [-0.05, 0) is 49.8 Å². The molecule has 29 heavy (non-hydrogen) atoms. The van der Waals surface area contributed by atoms with Gasteiger partial charge < -0.3 is 9.84 Å². The van der Waals surface area contributed by atoms with Gasteiger partial charge in [-0.3, -0.25) is 9.59 Å². The van der Waals surface area contributed by atoms with Crippen LogP contribution in [0.2, 0.25) is 0 Å². The van der Waals surface area contributed by atoms with E-state index in [4.69, 9.17) is 4.74 Å². The molecule has 0 spiro atoms. The molecular formula is C25H32O4. The first-order valence-electron chi connectivity index (χ1n) is 10.1. The van der Waals surface area contributed by atoms with Gasteiger partial charge in [0.1, 0.15) is 11.0 Å². The minimum atomic E-state index is -1.40. The molecule has 0 aliphatic heterocycles. The Labute approximate surface area is 173 Å². The van der Waals surface area contributed by atoms with E-state index in [2.05, 4.69) is 0 Å². The van der Waals surface area contributed by atoms with Crippen molar-refractivity contribution in [2.24, 2.45) is 11.8 Å². The smallest absolute Gasteiger partial charge is 0.315 e. The normalized spacial score (nSPS) is 14.9. The number of carbonyl (C=O) groups excluding carboxylic acids is 1. The second kappa shape index (κ2) is 8.81. The van der Waals surface area contributed by atoms with Gasteiger partial charge in [0.05, 0.1) is 5.92 Å². The third-order valence-electron chi connectivity index (χ3n) is 5.10. The Hall–Kier alpha value is -2.62. The third kappa shape index (κ3) is 5.06. The minimum absolute atomic E-state index is 0.0693. The first-order valence-corrected chi connectivity index (χ1v) is 10.1. The fourth-order valence-corrected chi connectivity index (χ4v) is 3.88. The van der Waals surface area contributed by atoms with E-state index in [9.17, 15) is 14.7 Å². The van der Waals surface area contributed by atoms with Crippen LogP contribution >= 0.6 is 0 Å². The summed E-state index contributed by atoms with van der Waals surface area (Å²) in [7, 11) is 0. The summed E-state index contributed by atoms with van der Waals surface area (Å²) in [6.07, 6.45) is 0.326. The lowest BCUT2D eigenvalue weighted by Crippen LogP contribution is -2.48. The van der Waals surface area contributed by atoms with E-state index in [0.717, 1.165) is 11.1 Å². The highest BCUT2D eigenvalue weighted by Gasteiger charge is 2.51. The first-order chi connectivity index (χ1) is 13.5. The zero-order valence-corrected chi connectivity index (χ0v) is 18.2. The predicted octanol–water partition coefficient (Wildman–Crippen LogP) is 5.70. The number of ether oxygens (including phenoxy) is 1. The van der Waals surface area contributed by atoms with Crippen molar-refractivity contribution in [3.8, 4) is 11.1 Å². The Morgan fingerprint density at radius 1 is 0.931 bits per heavy atom. The van der Waals surface area contributed by atoms with Crippen LogP contribution in [0, 0.1) is 11.8 Å². The summed E-state index contributed by atoms with van der Waals surface area (Å²) in [4.78, 5) is 25.9. The van der Waals surface area contributed by atoms with Crippen LogP contribution in [0.4, 0.5) is 0 Å². The lowest BCUT2D eigenvalue weighted by Gasteiger charge is -2.38. The van der Waals surface area contributed by atoms with Crippen molar-refractivity contribution in [3.63, 3.8) is 0 Å². The number of rotatable bonds is 7. The second-order valence-corrected chi connectivity index (χ2v) is 9.04. The Morgan fingerprint density at radius 2 is 1.48 bits per heavy atom. The third-order valence-corrected chi connectivity index (χ3v) is 5.10. The molecule has 2 aromatic rings. The summed E-state index contributed by atoms with van der Waals surface area (Å²) in [6.45, 7) is 11.0. The van der Waals surface area contributed by atoms with Gasteiger partial charge in [-0.2, -0.15) is 0 Å². The molecular weight excluding hydrogens is 364 g/mol. The molecule has 2 rings (SSSR count). The Kier molecular flexibility index (Phi) is 6.89. The van der Waals surface area contributed by atoms with E-state index in [1.54, 1.807) is 27.7 Å². The highest BCUT2D eigenvalue weighted by atomic mass is 16.6. The Balaban J connectivity index is 2.73. The fraction of sp³-hybridized carbons (Fsp3) is 0.440. The van der Waals surface area contributed by atoms with Crippen LogP contribution in [-0.4, -0.2) is 22.6 Å². The van der Waals surface area contributed by atoms with E-state index in [-0.39, 0.29) is 5.92 Å². The van der Waals surface area contributed by atoms with Crippen LogP contribution in [0.3, 0.4) is 0 Å². The van der Waals surface area contributed by atoms with Crippen molar-refractivity contribution < 1.29 is 19.4 Å². The van der Waals surface area contributed by atoms with E-state index in [1.807, 2.05) is 68.4 Å². The zero-order valence-electron chi connectivity index (χ0n) is 18.2. The van der Waals surface area contributed by atoms with E-state index in [1.165, 1.54) is 0 Å². The van der Waals surface area contributed by atoms with Crippen LogP contribution in [-0.2, 0) is 19.7 Å². The second-order valence-electron chi connectivity index (χ2n) is 9.04. The van der Waals surface area contributed by atoms with Crippen molar-refractivity contribution >= 4 is 11.9 Å². The maximum Gasteiger partial charge on any atom is 0.315 e. The molecule has 0 aliphatic carbocycles. The van der Waals surface area contributed by atoms with Crippen LogP contribution < -0.4 is 0 Å². The molecule has 1 unspecified atom stereocenters. The SMILES string of the molecule is CC(C)CC(C(=O)O)(c1ccccc1-c1ccccc1)[C@H](C)C(=O)OC(C)(C)C. The molecule has 0 saturated carbocycles. The van der Waals surface area contributed by atoms with Gasteiger partial charge in [-0.1, -0.05) is 75.4 Å². The molecule has 0 bridgehead atoms. The summed E-state index contributed by atoms with van der Waals surface area (Å²) < 4.78 is 5.60. The Bertz CT molecular complexity index is 849. The minimum Gasteiger partial charge on any atom is -0.481 e. The number of esters is 1. The standard InChI is InChI=1S/C25H32O4/c1-17(2)16-25(23(27)28,18(3)22(26)29-24(4,5)6)21-15-11-10-14-20(21)19-12-8-7-9-13-19/h7-15,17-18H,16H2,1-6H3,(H,27,28)/t18-,25?/m1/s1. The molecule has 2 atom stereocenters. The van der Waals surface area contributed by atoms with Gasteiger partial charge in [0.25, 0.3) is 0 Å². The lowest BCUT2D eigenvalue weighted by atomic mass is 9.64. The molecule has 0 radical (unpaired) electrons. The molecule has 0 fully saturated rings. The van der Waals surface area contributed by atoms with E-state index < -0.39 is 28.9 Å². The summed E-state index contributed by atoms with van der Waals surface area (Å²) in [5, 5.41) is 10.5. The summed E-state index contributed by atoms with van der Waals surface area (Å²) in [5.41, 5.74) is 0.307. The van der Waals surface area contributed by atoms with Crippen LogP contribution in [0.5, 0.6) is 0 Å². The maximum atomic E-state index is 13.0. The van der Waals surface area contributed by atoms with Crippen LogP contribution in [0.15, 0.2) is 54.6 Å². The molecule has 0 amide bonds. The van der Waals surface area contributed by atoms with Crippen molar-refractivity contribution in [2.45, 2.75) is 59.0 Å². The predicted molar refractivity (Wildman–Crippen MR) is 116 cm³/mol. The van der Waals surface area contributed by atoms with Crippen molar-refractivity contribution in [1.82, 2.24) is 0 Å². The van der Waals surface area contributed by atoms with E-state index in [0.29, 0.717) is 12.0 Å². The number of benzene rings is 2. The summed E-state index contributed by atoms with van der Waals surface area (Å²) >= 11 is 0. The number of carboxylic acid groups (broad SMARTS) is 1. The average Bonchev–Trinajstić information content (AvgIpc) is 2.64. The zero-order chi connectivity index (χ0) is 21.8. The summed E-state index contributed by atoms with van der Waals surface area (Å²) in [5.74, 6) is -2.29. The number of aliphatic carboxylic acids is 1. The van der Waals surface area contributed by atoms with Crippen LogP contribution in [0.1, 0.15) is 53.5 Å². The van der Waals surface area contributed by atoms with Gasteiger partial charge in [0, 0.05) is 0 Å². The maximum absolute atomic E-state index is 13.0. The molecule has 2 aromatic carbocycles. The number of hydrogen-bond donors (Lipinski definition) is 1. The number of carboxylic acids is 1. The molecule has 0 saturated heterocycles. The van der Waals surface area contributed by atoms with Gasteiger partial charge >= 0.3 is 11.9 Å². The quantitative estimate of drug-likeness (QED) is 0.610. The average molecular weight is 397 g/mol. The topological polar surface area (TPSA) is 63.6 Å². The van der Waals surface area contributed by atoms with Gasteiger partial charge in [0.15, 0.2) is 0 Å². The molecule has 0 aliphatic rings. The highest BCUT2D eigenvalue weighted by Crippen LogP contribution is 2.44. The Morgan fingerprint density at radius 3 is 2.00 bits per heavy atom. The fourth-order valence-electron chi connectivity index (χ4n) is 3.88. The van der Waals surface area contributed by atoms with Crippen molar-refractivity contribution in [2.75, 3.05) is 0 Å². The number of hydrogen-bond acceptors (Lipinski definition) is 3. The molecule has 4 heteroatoms. The number of carbonyl (C=O) groups is 2. The van der Waals surface area contributed by atoms with Crippen molar-refractivity contribution in [3.05, 3.63) is 60.2 Å². The van der Waals surface area contributed by atoms with Crippen molar-refractivity contribution in [1.29, 1.82) is 0 Å². The largest absolute Gasteiger partial charge is 0.481 e. The molecule has 0 aromatic heterocycles. The van der Waals surface area contributed by atoms with Crippen LogP contribution in [0.25, 0.3) is 11.1 Å².